The molecule has 3 aromatic carbocycles. The lowest BCUT2D eigenvalue weighted by Gasteiger charge is -2.15. The summed E-state index contributed by atoms with van der Waals surface area (Å²) in [7, 11) is 0. The van der Waals surface area contributed by atoms with Crippen molar-refractivity contribution in [3.05, 3.63) is 107 Å². The molecule has 5 rings (SSSR count). The molecule has 1 aliphatic rings. The minimum absolute atomic E-state index is 0.169. The van der Waals surface area contributed by atoms with Crippen LogP contribution in [0.25, 0.3) is 17.0 Å². The molecule has 1 aliphatic heterocycles. The highest BCUT2D eigenvalue weighted by Crippen LogP contribution is 2.36. The Morgan fingerprint density at radius 3 is 2.61 bits per heavy atom. The predicted molar refractivity (Wildman–Crippen MR) is 125 cm³/mol. The number of hydrogen-bond acceptors (Lipinski definition) is 3. The van der Waals surface area contributed by atoms with Crippen molar-refractivity contribution in [2.45, 2.75) is 6.54 Å². The second kappa shape index (κ2) is 8.24. The molecule has 1 amide bonds. The third-order valence-corrected chi connectivity index (χ3v) is 6.01. The Kier molecular flexibility index (Phi) is 5.14. The van der Waals surface area contributed by atoms with E-state index in [2.05, 4.69) is 4.98 Å². The van der Waals surface area contributed by atoms with Crippen molar-refractivity contribution < 1.29 is 9.18 Å². The molecule has 1 N–H and O–H groups in total. The fourth-order valence-corrected chi connectivity index (χ4v) is 4.43. The van der Waals surface area contributed by atoms with Gasteiger partial charge in [-0.15, -0.1) is 0 Å². The number of amidine groups is 1. The Morgan fingerprint density at radius 1 is 1.00 bits per heavy atom. The Morgan fingerprint density at radius 2 is 1.81 bits per heavy atom. The van der Waals surface area contributed by atoms with E-state index in [0.29, 0.717) is 22.3 Å². The predicted octanol–water partition coefficient (Wildman–Crippen LogP) is 5.98. The first-order valence-corrected chi connectivity index (χ1v) is 10.6. The minimum atomic E-state index is -0.346. The van der Waals surface area contributed by atoms with Gasteiger partial charge in [-0.05, 0) is 76.8 Å². The number of amides is 1. The van der Waals surface area contributed by atoms with Crippen LogP contribution in [-0.2, 0) is 11.3 Å². The highest BCUT2D eigenvalue weighted by atomic mass is 32.2. The Balaban J connectivity index is 1.51. The number of aromatic nitrogens is 1. The van der Waals surface area contributed by atoms with E-state index in [1.54, 1.807) is 17.0 Å². The maximum absolute atomic E-state index is 13.4. The number of benzene rings is 3. The van der Waals surface area contributed by atoms with Gasteiger partial charge in [0.2, 0.25) is 0 Å². The molecule has 0 unspecified atom stereocenters. The van der Waals surface area contributed by atoms with Crippen LogP contribution in [0.15, 0.2) is 95.0 Å². The van der Waals surface area contributed by atoms with Crippen LogP contribution in [0.5, 0.6) is 0 Å². The maximum Gasteiger partial charge on any atom is 0.271 e. The van der Waals surface area contributed by atoms with Gasteiger partial charge >= 0.3 is 0 Å². The number of rotatable bonds is 4. The SMILES string of the molecule is O=C1/C(=C/c2ccc3[nH]ccc3c2)S/C(=N\Cc2ccccc2)N1c1ccc(F)cc1. The average molecular weight is 428 g/mol. The summed E-state index contributed by atoms with van der Waals surface area (Å²) in [5, 5.41) is 1.66. The molecule has 31 heavy (non-hydrogen) atoms. The van der Waals surface area contributed by atoms with Crippen molar-refractivity contribution >= 4 is 45.5 Å². The van der Waals surface area contributed by atoms with Crippen LogP contribution >= 0.6 is 11.8 Å². The largest absolute Gasteiger partial charge is 0.361 e. The summed E-state index contributed by atoms with van der Waals surface area (Å²) in [6.45, 7) is 0.455. The Bertz CT molecular complexity index is 1310. The number of fused-ring (bicyclic) bond motifs is 1. The third kappa shape index (κ3) is 4.02. The van der Waals surface area contributed by atoms with E-state index in [1.807, 2.05) is 66.9 Å². The van der Waals surface area contributed by atoms with Crippen molar-refractivity contribution in [3.8, 4) is 0 Å². The second-order valence-electron chi connectivity index (χ2n) is 7.14. The molecular formula is C25H18FN3OS. The van der Waals surface area contributed by atoms with Gasteiger partial charge < -0.3 is 4.98 Å². The van der Waals surface area contributed by atoms with Crippen LogP contribution in [-0.4, -0.2) is 16.1 Å². The minimum Gasteiger partial charge on any atom is -0.361 e. The van der Waals surface area contributed by atoms with Gasteiger partial charge in [-0.1, -0.05) is 36.4 Å². The molecule has 152 valence electrons. The van der Waals surface area contributed by atoms with Crippen molar-refractivity contribution in [2.24, 2.45) is 4.99 Å². The molecule has 0 spiro atoms. The third-order valence-electron chi connectivity index (χ3n) is 5.01. The fourth-order valence-electron chi connectivity index (χ4n) is 3.45. The summed E-state index contributed by atoms with van der Waals surface area (Å²) in [6.07, 6.45) is 3.77. The number of halogens is 1. The number of nitrogens with one attached hydrogen (secondary N) is 1. The monoisotopic (exact) mass is 427 g/mol. The first kappa shape index (κ1) is 19.3. The summed E-state index contributed by atoms with van der Waals surface area (Å²) < 4.78 is 13.4. The van der Waals surface area contributed by atoms with E-state index in [1.165, 1.54) is 23.9 Å². The number of carbonyl (C=O) groups excluding carboxylic acids is 1. The summed E-state index contributed by atoms with van der Waals surface area (Å²) in [5.41, 5.74) is 3.63. The normalized spacial score (nSPS) is 16.7. The smallest absolute Gasteiger partial charge is 0.271 e. The molecule has 0 saturated carbocycles. The van der Waals surface area contributed by atoms with E-state index in [9.17, 15) is 9.18 Å². The van der Waals surface area contributed by atoms with Crippen LogP contribution in [0.1, 0.15) is 11.1 Å². The highest BCUT2D eigenvalue weighted by molar-refractivity contribution is 8.19. The van der Waals surface area contributed by atoms with Crippen LogP contribution in [0, 0.1) is 5.82 Å². The van der Waals surface area contributed by atoms with Gasteiger partial charge in [-0.3, -0.25) is 14.7 Å². The van der Waals surface area contributed by atoms with Gasteiger partial charge in [0.1, 0.15) is 5.82 Å². The zero-order valence-corrected chi connectivity index (χ0v) is 17.3. The van der Waals surface area contributed by atoms with Crippen molar-refractivity contribution in [1.29, 1.82) is 0 Å². The number of H-pyrrole nitrogens is 1. The summed E-state index contributed by atoms with van der Waals surface area (Å²) >= 11 is 1.33. The van der Waals surface area contributed by atoms with Gasteiger partial charge in [-0.2, -0.15) is 0 Å². The topological polar surface area (TPSA) is 48.5 Å². The van der Waals surface area contributed by atoms with Gasteiger partial charge in [0.25, 0.3) is 5.91 Å². The zero-order valence-electron chi connectivity index (χ0n) is 16.5. The summed E-state index contributed by atoms with van der Waals surface area (Å²) in [4.78, 5) is 23.3. The maximum atomic E-state index is 13.4. The molecule has 4 aromatic rings. The van der Waals surface area contributed by atoms with Crippen molar-refractivity contribution in [1.82, 2.24) is 4.98 Å². The molecule has 0 atom stereocenters. The standard InChI is InChI=1S/C25H18FN3OS/c26-20-7-9-21(10-8-20)29-24(30)23(15-18-6-11-22-19(14-18)12-13-27-22)31-25(29)28-16-17-4-2-1-3-5-17/h1-15,27H,16H2/b23-15-,28-25-. The number of anilines is 1. The Labute approximate surface area is 183 Å². The second-order valence-corrected chi connectivity index (χ2v) is 8.15. The summed E-state index contributed by atoms with van der Waals surface area (Å²) in [6, 6.07) is 23.8. The number of carbonyl (C=O) groups is 1. The molecule has 0 bridgehead atoms. The van der Waals surface area contributed by atoms with E-state index in [0.717, 1.165) is 22.0 Å². The fraction of sp³-hybridized carbons (Fsp3) is 0.0400. The van der Waals surface area contributed by atoms with Crippen molar-refractivity contribution in [3.63, 3.8) is 0 Å². The molecule has 2 heterocycles. The lowest BCUT2D eigenvalue weighted by Crippen LogP contribution is -2.28. The molecule has 4 nitrogen and oxygen atoms in total. The lowest BCUT2D eigenvalue weighted by atomic mass is 10.1. The van der Waals surface area contributed by atoms with E-state index >= 15 is 0 Å². The van der Waals surface area contributed by atoms with Gasteiger partial charge in [0, 0.05) is 11.7 Å². The molecule has 0 aliphatic carbocycles. The number of thioether (sulfide) groups is 1. The van der Waals surface area contributed by atoms with Gasteiger partial charge in [-0.25, -0.2) is 4.39 Å². The highest BCUT2D eigenvalue weighted by Gasteiger charge is 2.34. The van der Waals surface area contributed by atoms with E-state index in [-0.39, 0.29) is 11.7 Å². The van der Waals surface area contributed by atoms with Crippen LogP contribution < -0.4 is 4.90 Å². The molecule has 1 aromatic heterocycles. The quantitative estimate of drug-likeness (QED) is 0.407. The first-order valence-electron chi connectivity index (χ1n) is 9.82. The molecule has 0 radical (unpaired) electrons. The molecule has 1 saturated heterocycles. The van der Waals surface area contributed by atoms with Crippen LogP contribution in [0.2, 0.25) is 0 Å². The lowest BCUT2D eigenvalue weighted by molar-refractivity contribution is -0.113. The molecule has 1 fully saturated rings. The average Bonchev–Trinajstić information content (AvgIpc) is 3.38. The zero-order chi connectivity index (χ0) is 21.2. The van der Waals surface area contributed by atoms with Crippen molar-refractivity contribution in [2.75, 3.05) is 4.90 Å². The summed E-state index contributed by atoms with van der Waals surface area (Å²) in [5.74, 6) is -0.515. The first-order chi connectivity index (χ1) is 15.2. The van der Waals surface area contributed by atoms with Crippen LogP contribution in [0.4, 0.5) is 10.1 Å². The molecular weight excluding hydrogens is 409 g/mol. The number of aromatic amines is 1. The number of nitrogens with zero attached hydrogens (tertiary/aromatic N) is 2. The number of aliphatic imine (C=N–C) groups is 1. The van der Waals surface area contributed by atoms with E-state index in [4.69, 9.17) is 4.99 Å². The Hall–Kier alpha value is -3.64. The number of hydrogen-bond donors (Lipinski definition) is 1. The van der Waals surface area contributed by atoms with Crippen LogP contribution in [0.3, 0.4) is 0 Å². The van der Waals surface area contributed by atoms with E-state index < -0.39 is 0 Å². The molecule has 6 heteroatoms. The van der Waals surface area contributed by atoms with Gasteiger partial charge in [0.05, 0.1) is 17.1 Å². The van der Waals surface area contributed by atoms with Gasteiger partial charge in [0.15, 0.2) is 5.17 Å².